The quantitative estimate of drug-likeness (QED) is 0.833. The standard InChI is InChI=1S/C12H23N3O/c1-6-15-11(7-8-14-15)10(13-5)9-16-12(2,3)4/h7-8,10,13H,6,9H2,1-5H3. The molecule has 1 unspecified atom stereocenters. The van der Waals surface area contributed by atoms with Crippen molar-refractivity contribution < 1.29 is 4.74 Å². The van der Waals surface area contributed by atoms with E-state index in [-0.39, 0.29) is 11.6 Å². The molecule has 1 atom stereocenters. The Bertz CT molecular complexity index is 314. The van der Waals surface area contributed by atoms with Crippen LogP contribution in [0.25, 0.3) is 0 Å². The maximum atomic E-state index is 5.80. The normalized spacial score (nSPS) is 14.1. The van der Waals surface area contributed by atoms with Crippen molar-refractivity contribution in [2.45, 2.75) is 45.9 Å². The van der Waals surface area contributed by atoms with E-state index in [9.17, 15) is 0 Å². The molecule has 92 valence electrons. The minimum Gasteiger partial charge on any atom is -0.374 e. The van der Waals surface area contributed by atoms with E-state index >= 15 is 0 Å². The monoisotopic (exact) mass is 225 g/mol. The van der Waals surface area contributed by atoms with E-state index in [1.54, 1.807) is 0 Å². The number of rotatable bonds is 5. The average molecular weight is 225 g/mol. The van der Waals surface area contributed by atoms with Gasteiger partial charge in [0.15, 0.2) is 0 Å². The molecule has 0 aromatic carbocycles. The summed E-state index contributed by atoms with van der Waals surface area (Å²) < 4.78 is 7.80. The third kappa shape index (κ3) is 3.61. The summed E-state index contributed by atoms with van der Waals surface area (Å²) in [7, 11) is 1.95. The van der Waals surface area contributed by atoms with E-state index in [0.29, 0.717) is 6.61 Å². The van der Waals surface area contributed by atoms with Gasteiger partial charge < -0.3 is 10.1 Å². The first-order chi connectivity index (χ1) is 7.48. The highest BCUT2D eigenvalue weighted by Crippen LogP contribution is 2.16. The van der Waals surface area contributed by atoms with Gasteiger partial charge in [-0.1, -0.05) is 0 Å². The van der Waals surface area contributed by atoms with Crippen molar-refractivity contribution in [2.75, 3.05) is 13.7 Å². The van der Waals surface area contributed by atoms with Crippen LogP contribution in [-0.2, 0) is 11.3 Å². The molecule has 0 spiro atoms. The second-order valence-electron chi connectivity index (χ2n) is 4.84. The molecular formula is C12H23N3O. The molecule has 0 radical (unpaired) electrons. The Balaban J connectivity index is 2.67. The van der Waals surface area contributed by atoms with E-state index in [0.717, 1.165) is 6.54 Å². The Morgan fingerprint density at radius 1 is 1.50 bits per heavy atom. The first-order valence-electron chi connectivity index (χ1n) is 5.81. The van der Waals surface area contributed by atoms with Crippen molar-refractivity contribution in [3.05, 3.63) is 18.0 Å². The summed E-state index contributed by atoms with van der Waals surface area (Å²) in [5.41, 5.74) is 1.07. The van der Waals surface area contributed by atoms with Gasteiger partial charge in [-0.25, -0.2) is 0 Å². The lowest BCUT2D eigenvalue weighted by Gasteiger charge is -2.24. The summed E-state index contributed by atoms with van der Waals surface area (Å²) in [5, 5.41) is 7.53. The van der Waals surface area contributed by atoms with Crippen LogP contribution in [0.4, 0.5) is 0 Å². The summed E-state index contributed by atoms with van der Waals surface area (Å²) >= 11 is 0. The van der Waals surface area contributed by atoms with Gasteiger partial charge in [0.05, 0.1) is 23.9 Å². The van der Waals surface area contributed by atoms with Crippen molar-refractivity contribution in [3.8, 4) is 0 Å². The van der Waals surface area contributed by atoms with E-state index < -0.39 is 0 Å². The molecule has 1 aromatic heterocycles. The minimum absolute atomic E-state index is 0.105. The van der Waals surface area contributed by atoms with Crippen LogP contribution in [0.3, 0.4) is 0 Å². The Kier molecular flexibility index (Phi) is 4.50. The number of ether oxygens (including phenoxy) is 1. The van der Waals surface area contributed by atoms with Crippen molar-refractivity contribution in [1.29, 1.82) is 0 Å². The molecule has 0 fully saturated rings. The number of likely N-dealkylation sites (N-methyl/N-ethyl adjacent to an activating group) is 1. The topological polar surface area (TPSA) is 39.1 Å². The zero-order chi connectivity index (χ0) is 12.2. The lowest BCUT2D eigenvalue weighted by molar-refractivity contribution is -0.0149. The molecule has 1 aromatic rings. The van der Waals surface area contributed by atoms with E-state index in [1.165, 1.54) is 5.69 Å². The molecule has 1 rings (SSSR count). The fraction of sp³-hybridized carbons (Fsp3) is 0.750. The van der Waals surface area contributed by atoms with Gasteiger partial charge in [-0.05, 0) is 40.8 Å². The summed E-state index contributed by atoms with van der Waals surface area (Å²) in [6.07, 6.45) is 1.83. The van der Waals surface area contributed by atoms with Gasteiger partial charge >= 0.3 is 0 Å². The zero-order valence-corrected chi connectivity index (χ0v) is 10.9. The zero-order valence-electron chi connectivity index (χ0n) is 10.9. The van der Waals surface area contributed by atoms with Crippen LogP contribution in [0.2, 0.25) is 0 Å². The lowest BCUT2D eigenvalue weighted by atomic mass is 10.1. The van der Waals surface area contributed by atoms with Crippen molar-refractivity contribution in [3.63, 3.8) is 0 Å². The Morgan fingerprint density at radius 3 is 2.69 bits per heavy atom. The van der Waals surface area contributed by atoms with Crippen molar-refractivity contribution in [1.82, 2.24) is 15.1 Å². The van der Waals surface area contributed by atoms with Crippen molar-refractivity contribution in [2.24, 2.45) is 0 Å². The summed E-state index contributed by atoms with van der Waals surface area (Å²) in [6, 6.07) is 2.23. The van der Waals surface area contributed by atoms with Crippen LogP contribution in [0, 0.1) is 0 Å². The van der Waals surface area contributed by atoms with Gasteiger partial charge in [-0.15, -0.1) is 0 Å². The van der Waals surface area contributed by atoms with Crippen molar-refractivity contribution >= 4 is 0 Å². The summed E-state index contributed by atoms with van der Waals surface area (Å²) in [4.78, 5) is 0. The average Bonchev–Trinajstić information content (AvgIpc) is 2.65. The molecule has 1 N–H and O–H groups in total. The number of hydrogen-bond donors (Lipinski definition) is 1. The minimum atomic E-state index is -0.105. The number of hydrogen-bond acceptors (Lipinski definition) is 3. The predicted octanol–water partition coefficient (Wildman–Crippen LogP) is 1.98. The third-order valence-corrected chi connectivity index (χ3v) is 2.44. The largest absolute Gasteiger partial charge is 0.374 e. The Hall–Kier alpha value is -0.870. The molecule has 0 bridgehead atoms. The lowest BCUT2D eigenvalue weighted by Crippen LogP contribution is -2.29. The Morgan fingerprint density at radius 2 is 2.19 bits per heavy atom. The third-order valence-electron chi connectivity index (χ3n) is 2.44. The van der Waals surface area contributed by atoms with Gasteiger partial charge in [0.1, 0.15) is 0 Å². The number of nitrogens with zero attached hydrogens (tertiary/aromatic N) is 2. The Labute approximate surface area is 98.0 Å². The van der Waals surface area contributed by atoms with Gasteiger partial charge in [-0.2, -0.15) is 5.10 Å². The highest BCUT2D eigenvalue weighted by molar-refractivity contribution is 5.07. The predicted molar refractivity (Wildman–Crippen MR) is 65.4 cm³/mol. The van der Waals surface area contributed by atoms with Crippen LogP contribution >= 0.6 is 0 Å². The highest BCUT2D eigenvalue weighted by Gasteiger charge is 2.18. The molecule has 0 saturated heterocycles. The van der Waals surface area contributed by atoms with Gasteiger partial charge in [0.2, 0.25) is 0 Å². The summed E-state index contributed by atoms with van der Waals surface area (Å²) in [5.74, 6) is 0. The molecule has 0 aliphatic rings. The number of aryl methyl sites for hydroxylation is 1. The molecule has 16 heavy (non-hydrogen) atoms. The smallest absolute Gasteiger partial charge is 0.0727 e. The van der Waals surface area contributed by atoms with Crippen LogP contribution in [-0.4, -0.2) is 29.0 Å². The van der Waals surface area contributed by atoms with Crippen LogP contribution in [0.5, 0.6) is 0 Å². The maximum absolute atomic E-state index is 5.80. The summed E-state index contributed by atoms with van der Waals surface area (Å²) in [6.45, 7) is 9.83. The number of aromatic nitrogens is 2. The molecular weight excluding hydrogens is 202 g/mol. The highest BCUT2D eigenvalue weighted by atomic mass is 16.5. The molecule has 0 aliphatic heterocycles. The second kappa shape index (κ2) is 5.46. The molecule has 1 heterocycles. The first-order valence-corrected chi connectivity index (χ1v) is 5.81. The fourth-order valence-electron chi connectivity index (χ4n) is 1.55. The maximum Gasteiger partial charge on any atom is 0.0727 e. The molecule has 0 amide bonds. The molecule has 4 heteroatoms. The number of nitrogens with one attached hydrogen (secondary N) is 1. The van der Waals surface area contributed by atoms with E-state index in [4.69, 9.17) is 4.74 Å². The molecule has 0 saturated carbocycles. The van der Waals surface area contributed by atoms with E-state index in [2.05, 4.69) is 38.1 Å². The van der Waals surface area contributed by atoms with Gasteiger partial charge in [0.25, 0.3) is 0 Å². The second-order valence-corrected chi connectivity index (χ2v) is 4.84. The SMILES string of the molecule is CCn1nccc1C(COC(C)(C)C)NC. The van der Waals surface area contributed by atoms with Gasteiger partial charge in [-0.3, -0.25) is 4.68 Å². The van der Waals surface area contributed by atoms with Gasteiger partial charge in [0, 0.05) is 12.7 Å². The van der Waals surface area contributed by atoms with Crippen LogP contribution in [0.1, 0.15) is 39.4 Å². The van der Waals surface area contributed by atoms with Crippen LogP contribution < -0.4 is 5.32 Å². The van der Waals surface area contributed by atoms with E-state index in [1.807, 2.05) is 24.0 Å². The first kappa shape index (κ1) is 13.2. The molecule has 4 nitrogen and oxygen atoms in total. The fourth-order valence-corrected chi connectivity index (χ4v) is 1.55. The van der Waals surface area contributed by atoms with Crippen LogP contribution in [0.15, 0.2) is 12.3 Å². The molecule has 0 aliphatic carbocycles.